The Bertz CT molecular complexity index is 593. The number of alkyl halides is 1. The lowest BCUT2D eigenvalue weighted by Gasteiger charge is -2.38. The zero-order chi connectivity index (χ0) is 14.7. The summed E-state index contributed by atoms with van der Waals surface area (Å²) in [5.41, 5.74) is 3.62. The van der Waals surface area contributed by atoms with Crippen LogP contribution in [-0.2, 0) is 5.88 Å². The van der Waals surface area contributed by atoms with Crippen molar-refractivity contribution >= 4 is 34.6 Å². The Morgan fingerprint density at radius 1 is 0.857 bits per heavy atom. The third kappa shape index (κ3) is 3.28. The number of nitrogens with zero attached hydrogens (tertiary/aromatic N) is 2. The van der Waals surface area contributed by atoms with Crippen LogP contribution >= 0.6 is 23.2 Å². The van der Waals surface area contributed by atoms with Gasteiger partial charge in [-0.1, -0.05) is 29.8 Å². The van der Waals surface area contributed by atoms with Gasteiger partial charge in [-0.3, -0.25) is 0 Å². The van der Waals surface area contributed by atoms with Crippen molar-refractivity contribution in [3.63, 3.8) is 0 Å². The van der Waals surface area contributed by atoms with Crippen molar-refractivity contribution in [2.45, 2.75) is 5.88 Å². The van der Waals surface area contributed by atoms with Gasteiger partial charge in [0.05, 0.1) is 0 Å². The van der Waals surface area contributed by atoms with E-state index in [1.807, 2.05) is 12.1 Å². The fourth-order valence-electron chi connectivity index (χ4n) is 2.81. The van der Waals surface area contributed by atoms with Crippen LogP contribution in [0.15, 0.2) is 48.5 Å². The molecule has 0 unspecified atom stereocenters. The van der Waals surface area contributed by atoms with Crippen molar-refractivity contribution in [1.29, 1.82) is 0 Å². The maximum Gasteiger partial charge on any atom is 0.0495 e. The van der Waals surface area contributed by atoms with Crippen LogP contribution in [0.1, 0.15) is 5.56 Å². The van der Waals surface area contributed by atoms with Gasteiger partial charge >= 0.3 is 0 Å². The van der Waals surface area contributed by atoms with Crippen molar-refractivity contribution in [1.82, 2.24) is 0 Å². The summed E-state index contributed by atoms with van der Waals surface area (Å²) in [4.78, 5) is 4.82. The van der Waals surface area contributed by atoms with Crippen molar-refractivity contribution in [3.05, 3.63) is 59.1 Å². The molecule has 0 aromatic heterocycles. The average molecular weight is 321 g/mol. The molecule has 0 N–H and O–H groups in total. The first-order valence-corrected chi connectivity index (χ1v) is 8.08. The van der Waals surface area contributed by atoms with Crippen molar-refractivity contribution in [2.75, 3.05) is 36.0 Å². The van der Waals surface area contributed by atoms with E-state index < -0.39 is 0 Å². The Kier molecular flexibility index (Phi) is 4.57. The number of rotatable bonds is 3. The topological polar surface area (TPSA) is 6.48 Å². The lowest BCUT2D eigenvalue weighted by molar-refractivity contribution is 0.652. The molecule has 0 saturated carbocycles. The Morgan fingerprint density at radius 2 is 1.52 bits per heavy atom. The molecule has 0 aliphatic carbocycles. The SMILES string of the molecule is ClCc1cc(Cl)ccc1N1CCN(c2ccccc2)CC1. The normalized spacial score (nSPS) is 15.3. The van der Waals surface area contributed by atoms with Crippen LogP contribution in [0.25, 0.3) is 0 Å². The molecule has 1 saturated heterocycles. The van der Waals surface area contributed by atoms with Crippen LogP contribution < -0.4 is 9.80 Å². The van der Waals surface area contributed by atoms with Gasteiger partial charge in [-0.25, -0.2) is 0 Å². The Balaban J connectivity index is 1.71. The lowest BCUT2D eigenvalue weighted by Crippen LogP contribution is -2.46. The highest BCUT2D eigenvalue weighted by Gasteiger charge is 2.19. The van der Waals surface area contributed by atoms with E-state index in [2.05, 4.69) is 46.2 Å². The van der Waals surface area contributed by atoms with Crippen LogP contribution in [0.3, 0.4) is 0 Å². The molecule has 1 aliphatic heterocycles. The van der Waals surface area contributed by atoms with Crippen LogP contribution in [-0.4, -0.2) is 26.2 Å². The zero-order valence-electron chi connectivity index (χ0n) is 11.8. The average Bonchev–Trinajstić information content (AvgIpc) is 2.56. The second-order valence-corrected chi connectivity index (χ2v) is 5.92. The molecule has 1 fully saturated rings. The molecule has 0 radical (unpaired) electrons. The summed E-state index contributed by atoms with van der Waals surface area (Å²) in [5.74, 6) is 0.495. The highest BCUT2D eigenvalue weighted by atomic mass is 35.5. The summed E-state index contributed by atoms with van der Waals surface area (Å²) in [5, 5.41) is 0.748. The second kappa shape index (κ2) is 6.59. The molecule has 2 aromatic carbocycles. The maximum atomic E-state index is 6.05. The van der Waals surface area contributed by atoms with Gasteiger partial charge in [0.25, 0.3) is 0 Å². The van der Waals surface area contributed by atoms with Crippen LogP contribution in [0, 0.1) is 0 Å². The highest BCUT2D eigenvalue weighted by Crippen LogP contribution is 2.27. The van der Waals surface area contributed by atoms with E-state index in [9.17, 15) is 0 Å². The van der Waals surface area contributed by atoms with E-state index in [-0.39, 0.29) is 0 Å². The monoisotopic (exact) mass is 320 g/mol. The molecule has 0 amide bonds. The van der Waals surface area contributed by atoms with E-state index in [0.717, 1.165) is 36.8 Å². The van der Waals surface area contributed by atoms with Crippen molar-refractivity contribution < 1.29 is 0 Å². The third-order valence-corrected chi connectivity index (χ3v) is 4.45. The molecule has 1 heterocycles. The fraction of sp³-hybridized carbons (Fsp3) is 0.294. The molecule has 1 aliphatic rings. The van der Waals surface area contributed by atoms with Gasteiger partial charge in [0.2, 0.25) is 0 Å². The maximum absolute atomic E-state index is 6.05. The van der Waals surface area contributed by atoms with E-state index in [4.69, 9.17) is 23.2 Å². The number of hydrogen-bond donors (Lipinski definition) is 0. The van der Waals surface area contributed by atoms with Crippen LogP contribution in [0.5, 0.6) is 0 Å². The number of anilines is 2. The van der Waals surface area contributed by atoms with Crippen molar-refractivity contribution in [3.8, 4) is 0 Å². The van der Waals surface area contributed by atoms with Gasteiger partial charge in [-0.05, 0) is 35.9 Å². The molecule has 0 spiro atoms. The van der Waals surface area contributed by atoms with E-state index >= 15 is 0 Å². The van der Waals surface area contributed by atoms with Gasteiger partial charge < -0.3 is 9.80 Å². The predicted octanol–water partition coefficient (Wildman–Crippen LogP) is 4.41. The quantitative estimate of drug-likeness (QED) is 0.773. The van der Waals surface area contributed by atoms with Gasteiger partial charge in [0.15, 0.2) is 0 Å². The Morgan fingerprint density at radius 3 is 2.19 bits per heavy atom. The molecule has 110 valence electrons. The first-order valence-electron chi connectivity index (χ1n) is 7.17. The molecular formula is C17H18Cl2N2. The summed E-state index contributed by atoms with van der Waals surface area (Å²) in [7, 11) is 0. The summed E-state index contributed by atoms with van der Waals surface area (Å²) in [6.45, 7) is 4.05. The standard InChI is InChI=1S/C17H18Cl2N2/c18-13-14-12-15(19)6-7-17(14)21-10-8-20(9-11-21)16-4-2-1-3-5-16/h1-7,12H,8-11,13H2. The van der Waals surface area contributed by atoms with Gasteiger partial charge in [0, 0.05) is 48.5 Å². The molecule has 0 atom stereocenters. The molecule has 2 aromatic rings. The highest BCUT2D eigenvalue weighted by molar-refractivity contribution is 6.30. The minimum absolute atomic E-state index is 0.495. The summed E-state index contributed by atoms with van der Waals surface area (Å²) in [6, 6.07) is 16.6. The molecule has 4 heteroatoms. The zero-order valence-corrected chi connectivity index (χ0v) is 13.3. The Hall–Kier alpha value is -1.38. The van der Waals surface area contributed by atoms with E-state index in [1.54, 1.807) is 0 Å². The number of piperazine rings is 1. The van der Waals surface area contributed by atoms with Crippen LogP contribution in [0.2, 0.25) is 5.02 Å². The predicted molar refractivity (Wildman–Crippen MR) is 91.9 cm³/mol. The number of hydrogen-bond acceptors (Lipinski definition) is 2. The van der Waals surface area contributed by atoms with E-state index in [0.29, 0.717) is 5.88 Å². The van der Waals surface area contributed by atoms with Gasteiger partial charge in [0.1, 0.15) is 0 Å². The molecular weight excluding hydrogens is 303 g/mol. The number of halogens is 2. The summed E-state index contributed by atoms with van der Waals surface area (Å²) < 4.78 is 0. The summed E-state index contributed by atoms with van der Waals surface area (Å²) >= 11 is 12.1. The minimum atomic E-state index is 0.495. The minimum Gasteiger partial charge on any atom is -0.368 e. The number of para-hydroxylation sites is 1. The molecule has 0 bridgehead atoms. The van der Waals surface area contributed by atoms with E-state index in [1.165, 1.54) is 11.4 Å². The van der Waals surface area contributed by atoms with Crippen molar-refractivity contribution in [2.24, 2.45) is 0 Å². The summed E-state index contributed by atoms with van der Waals surface area (Å²) in [6.07, 6.45) is 0. The number of benzene rings is 2. The van der Waals surface area contributed by atoms with Gasteiger partial charge in [-0.15, -0.1) is 11.6 Å². The smallest absolute Gasteiger partial charge is 0.0495 e. The largest absolute Gasteiger partial charge is 0.368 e. The lowest BCUT2D eigenvalue weighted by atomic mass is 10.1. The first-order chi connectivity index (χ1) is 10.3. The first kappa shape index (κ1) is 14.6. The van der Waals surface area contributed by atoms with Crippen LogP contribution in [0.4, 0.5) is 11.4 Å². The van der Waals surface area contributed by atoms with Gasteiger partial charge in [-0.2, -0.15) is 0 Å². The fourth-order valence-corrected chi connectivity index (χ4v) is 3.22. The molecule has 2 nitrogen and oxygen atoms in total. The molecule has 3 rings (SSSR count). The second-order valence-electron chi connectivity index (χ2n) is 5.22. The molecule has 21 heavy (non-hydrogen) atoms. The third-order valence-electron chi connectivity index (χ3n) is 3.93. The Labute approximate surface area is 135 Å².